The van der Waals surface area contributed by atoms with E-state index in [0.717, 1.165) is 25.1 Å². The van der Waals surface area contributed by atoms with Crippen LogP contribution in [-0.4, -0.2) is 66.4 Å². The maximum Gasteiger partial charge on any atom is 0.251 e. The molecular formula is C23H33N5O3. The highest BCUT2D eigenvalue weighted by molar-refractivity contribution is 5.94. The number of rotatable bonds is 10. The van der Waals surface area contributed by atoms with Crippen molar-refractivity contribution in [2.45, 2.75) is 38.5 Å². The van der Waals surface area contributed by atoms with Gasteiger partial charge in [0.1, 0.15) is 6.61 Å². The first-order valence-corrected chi connectivity index (χ1v) is 11.1. The Labute approximate surface area is 183 Å². The molecular weight excluding hydrogens is 394 g/mol. The predicted octanol–water partition coefficient (Wildman–Crippen LogP) is 2.84. The van der Waals surface area contributed by atoms with E-state index in [4.69, 9.17) is 4.74 Å². The largest absolute Gasteiger partial charge is 0.375 e. The average molecular weight is 428 g/mol. The van der Waals surface area contributed by atoms with E-state index in [1.165, 1.54) is 45.9 Å². The fourth-order valence-electron chi connectivity index (χ4n) is 3.75. The number of methoxy groups -OCH3 is 1. The van der Waals surface area contributed by atoms with Gasteiger partial charge in [-0.1, -0.05) is 12.8 Å². The van der Waals surface area contributed by atoms with Crippen molar-refractivity contribution in [3.63, 3.8) is 0 Å². The molecule has 1 aromatic heterocycles. The number of ether oxygens (including phenoxy) is 1. The van der Waals surface area contributed by atoms with E-state index < -0.39 is 0 Å². The lowest BCUT2D eigenvalue weighted by Gasteiger charge is -2.19. The molecule has 1 aromatic carbocycles. The molecule has 0 saturated carbocycles. The number of carbonyl (C=O) groups excluding carboxylic acids is 2. The summed E-state index contributed by atoms with van der Waals surface area (Å²) in [7, 11) is 1.47. The summed E-state index contributed by atoms with van der Waals surface area (Å²) in [6.45, 7) is 4.25. The van der Waals surface area contributed by atoms with Gasteiger partial charge < -0.3 is 20.3 Å². The fraction of sp³-hybridized carbons (Fsp3) is 0.522. The van der Waals surface area contributed by atoms with Crippen LogP contribution in [0.25, 0.3) is 5.69 Å². The molecule has 1 aliphatic rings. The maximum atomic E-state index is 12.4. The summed E-state index contributed by atoms with van der Waals surface area (Å²) < 4.78 is 6.44. The Morgan fingerprint density at radius 2 is 1.81 bits per heavy atom. The molecule has 31 heavy (non-hydrogen) atoms. The first kappa shape index (κ1) is 23.0. The highest BCUT2D eigenvalue weighted by Crippen LogP contribution is 2.13. The molecule has 2 amide bonds. The number of anilines is 1. The van der Waals surface area contributed by atoms with E-state index in [-0.39, 0.29) is 18.4 Å². The topological polar surface area (TPSA) is 88.5 Å². The van der Waals surface area contributed by atoms with E-state index >= 15 is 0 Å². The van der Waals surface area contributed by atoms with Gasteiger partial charge in [-0.25, -0.2) is 4.68 Å². The zero-order valence-electron chi connectivity index (χ0n) is 18.3. The van der Waals surface area contributed by atoms with Crippen LogP contribution in [0, 0.1) is 0 Å². The summed E-state index contributed by atoms with van der Waals surface area (Å²) >= 11 is 0. The lowest BCUT2D eigenvalue weighted by atomic mass is 10.2. The molecule has 1 fully saturated rings. The van der Waals surface area contributed by atoms with Crippen LogP contribution >= 0.6 is 0 Å². The van der Waals surface area contributed by atoms with Crippen molar-refractivity contribution < 1.29 is 14.3 Å². The van der Waals surface area contributed by atoms with Crippen LogP contribution in [-0.2, 0) is 9.53 Å². The zero-order chi connectivity index (χ0) is 21.9. The second-order valence-corrected chi connectivity index (χ2v) is 7.92. The van der Waals surface area contributed by atoms with Gasteiger partial charge in [0.25, 0.3) is 5.91 Å². The Kier molecular flexibility index (Phi) is 9.05. The molecule has 2 heterocycles. The van der Waals surface area contributed by atoms with Crippen LogP contribution in [0.1, 0.15) is 48.9 Å². The van der Waals surface area contributed by atoms with Gasteiger partial charge in [-0.2, -0.15) is 5.10 Å². The SMILES string of the molecule is COCC(=O)Nc1cnn(-c2ccc(C(=O)NCCCCN3CCCCCC3)cc2)c1. The van der Waals surface area contributed by atoms with Crippen LogP contribution in [0.15, 0.2) is 36.7 Å². The minimum Gasteiger partial charge on any atom is -0.375 e. The highest BCUT2D eigenvalue weighted by Gasteiger charge is 2.10. The average Bonchev–Trinajstić information content (AvgIpc) is 3.07. The van der Waals surface area contributed by atoms with E-state index in [9.17, 15) is 9.59 Å². The third-order valence-corrected chi connectivity index (χ3v) is 5.42. The monoisotopic (exact) mass is 427 g/mol. The standard InChI is InChI=1S/C23H33N5O3/c1-31-18-22(29)26-20-16-25-28(17-20)21-10-8-19(9-11-21)23(30)24-12-4-7-15-27-13-5-2-3-6-14-27/h8-11,16-17H,2-7,12-15,18H2,1H3,(H,24,30)(H,26,29). The molecule has 0 atom stereocenters. The van der Waals surface area contributed by atoms with Crippen LogP contribution in [0.4, 0.5) is 5.69 Å². The lowest BCUT2D eigenvalue weighted by molar-refractivity contribution is -0.119. The smallest absolute Gasteiger partial charge is 0.251 e. The van der Waals surface area contributed by atoms with Gasteiger partial charge in [-0.3, -0.25) is 9.59 Å². The maximum absolute atomic E-state index is 12.4. The van der Waals surface area contributed by atoms with Crippen molar-refractivity contribution in [3.8, 4) is 5.69 Å². The van der Waals surface area contributed by atoms with E-state index in [2.05, 4.69) is 20.6 Å². The second kappa shape index (κ2) is 12.2. The van der Waals surface area contributed by atoms with Crippen molar-refractivity contribution >= 4 is 17.5 Å². The number of hydrogen-bond acceptors (Lipinski definition) is 5. The lowest BCUT2D eigenvalue weighted by Crippen LogP contribution is -2.28. The molecule has 8 nitrogen and oxygen atoms in total. The number of nitrogens with zero attached hydrogens (tertiary/aromatic N) is 3. The van der Waals surface area contributed by atoms with Crippen LogP contribution in [0.5, 0.6) is 0 Å². The molecule has 1 saturated heterocycles. The van der Waals surface area contributed by atoms with Crippen molar-refractivity contribution in [1.82, 2.24) is 20.0 Å². The molecule has 3 rings (SSSR count). The predicted molar refractivity (Wildman–Crippen MR) is 121 cm³/mol. The molecule has 0 spiro atoms. The Morgan fingerprint density at radius 1 is 1.06 bits per heavy atom. The summed E-state index contributed by atoms with van der Waals surface area (Å²) in [6.07, 6.45) is 10.7. The summed E-state index contributed by atoms with van der Waals surface area (Å²) in [4.78, 5) is 26.5. The Balaban J connectivity index is 1.40. The van der Waals surface area contributed by atoms with Gasteiger partial charge in [-0.05, 0) is 69.6 Å². The number of aromatic nitrogens is 2. The van der Waals surface area contributed by atoms with Gasteiger partial charge in [0, 0.05) is 19.2 Å². The first-order valence-electron chi connectivity index (χ1n) is 11.1. The van der Waals surface area contributed by atoms with E-state index in [1.807, 2.05) is 12.1 Å². The van der Waals surface area contributed by atoms with Gasteiger partial charge in [-0.15, -0.1) is 0 Å². The molecule has 0 unspecified atom stereocenters. The van der Waals surface area contributed by atoms with Gasteiger partial charge >= 0.3 is 0 Å². The number of nitrogens with one attached hydrogen (secondary N) is 2. The second-order valence-electron chi connectivity index (χ2n) is 7.92. The van der Waals surface area contributed by atoms with Gasteiger partial charge in [0.2, 0.25) is 5.91 Å². The number of benzene rings is 1. The van der Waals surface area contributed by atoms with Crippen LogP contribution in [0.3, 0.4) is 0 Å². The molecule has 0 bridgehead atoms. The Hall–Kier alpha value is -2.71. The molecule has 1 aliphatic heterocycles. The number of hydrogen-bond donors (Lipinski definition) is 2. The van der Waals surface area contributed by atoms with Crippen LogP contribution in [0.2, 0.25) is 0 Å². The van der Waals surface area contributed by atoms with Crippen molar-refractivity contribution in [2.24, 2.45) is 0 Å². The summed E-state index contributed by atoms with van der Waals surface area (Å²) in [6, 6.07) is 7.24. The van der Waals surface area contributed by atoms with Gasteiger partial charge in [0.15, 0.2) is 0 Å². The third kappa shape index (κ3) is 7.48. The Morgan fingerprint density at radius 3 is 2.52 bits per heavy atom. The van der Waals surface area contributed by atoms with Gasteiger partial charge in [0.05, 0.1) is 23.8 Å². The van der Waals surface area contributed by atoms with Crippen molar-refractivity contribution in [1.29, 1.82) is 0 Å². The number of carbonyl (C=O) groups is 2. The van der Waals surface area contributed by atoms with E-state index in [0.29, 0.717) is 17.8 Å². The van der Waals surface area contributed by atoms with E-state index in [1.54, 1.807) is 29.2 Å². The first-order chi connectivity index (χ1) is 15.2. The normalized spacial score (nSPS) is 14.7. The number of likely N-dealkylation sites (tertiary alicyclic amines) is 1. The molecule has 2 N–H and O–H groups in total. The summed E-state index contributed by atoms with van der Waals surface area (Å²) in [5, 5.41) is 9.96. The van der Waals surface area contributed by atoms with Crippen LogP contribution < -0.4 is 10.6 Å². The number of amides is 2. The fourth-order valence-corrected chi connectivity index (χ4v) is 3.75. The summed E-state index contributed by atoms with van der Waals surface area (Å²) in [5.41, 5.74) is 2.02. The molecule has 168 valence electrons. The van der Waals surface area contributed by atoms with Crippen molar-refractivity contribution in [2.75, 3.05) is 45.2 Å². The highest BCUT2D eigenvalue weighted by atomic mass is 16.5. The molecule has 0 radical (unpaired) electrons. The minimum absolute atomic E-state index is 0.00670. The Bertz CT molecular complexity index is 826. The minimum atomic E-state index is -0.236. The third-order valence-electron chi connectivity index (χ3n) is 5.42. The summed E-state index contributed by atoms with van der Waals surface area (Å²) in [5.74, 6) is -0.296. The molecule has 2 aromatic rings. The van der Waals surface area contributed by atoms with Crippen molar-refractivity contribution in [3.05, 3.63) is 42.2 Å². The molecule has 8 heteroatoms. The number of unbranched alkanes of at least 4 members (excludes halogenated alkanes) is 1. The molecule has 0 aliphatic carbocycles. The quantitative estimate of drug-likeness (QED) is 0.569. The zero-order valence-corrected chi connectivity index (χ0v) is 18.3.